The van der Waals surface area contributed by atoms with Crippen molar-refractivity contribution in [3.63, 3.8) is 0 Å². The summed E-state index contributed by atoms with van der Waals surface area (Å²) in [4.78, 5) is 10.7. The highest BCUT2D eigenvalue weighted by Crippen LogP contribution is 2.30. The van der Waals surface area contributed by atoms with E-state index in [1.807, 2.05) is 139 Å². The van der Waals surface area contributed by atoms with Crippen molar-refractivity contribution in [1.82, 2.24) is 0 Å². The minimum atomic E-state index is -0.277. The molecule has 0 amide bonds. The Labute approximate surface area is 857 Å². The summed E-state index contributed by atoms with van der Waals surface area (Å²) in [6, 6.07) is 74.5. The van der Waals surface area contributed by atoms with Gasteiger partial charge in [0, 0.05) is 26.7 Å². The fourth-order valence-corrected chi connectivity index (χ4v) is 11.7. The van der Waals surface area contributed by atoms with E-state index in [0.29, 0.717) is 96.1 Å². The molecule has 0 aliphatic rings. The lowest BCUT2D eigenvalue weighted by Crippen LogP contribution is -2.15. The van der Waals surface area contributed by atoms with Gasteiger partial charge in [-0.25, -0.2) is 0 Å². The summed E-state index contributed by atoms with van der Waals surface area (Å²) in [5.74, 6) is 9.54. The lowest BCUT2D eigenvalue weighted by molar-refractivity contribution is -0.131. The minimum Gasteiger partial charge on any atom is -0.508 e. The molecule has 802 valence electrons. The summed E-state index contributed by atoms with van der Waals surface area (Å²) < 4.78 is 37.7. The third kappa shape index (κ3) is 73.9. The highest BCUT2D eigenvalue weighted by molar-refractivity contribution is 5.69. The Balaban J connectivity index is -0.0000000718. The molecule has 9 aromatic carbocycles. The van der Waals surface area contributed by atoms with Crippen molar-refractivity contribution in [2.75, 3.05) is 19.8 Å². The van der Waals surface area contributed by atoms with E-state index in [1.54, 1.807) is 36.4 Å². The van der Waals surface area contributed by atoms with E-state index >= 15 is 0 Å². The largest absolute Gasteiger partial charge is 0.508 e. The number of carbonyl (C=O) groups excluding carboxylic acids is 1. The Morgan fingerprint density at radius 3 is 0.540 bits per heavy atom. The van der Waals surface area contributed by atoms with Gasteiger partial charge in [0.05, 0.1) is 0 Å². The predicted octanol–water partition coefficient (Wildman–Crippen LogP) is 42.9. The van der Waals surface area contributed by atoms with Crippen LogP contribution in [0.1, 0.15) is 494 Å². The average Bonchev–Trinajstić information content (AvgIpc) is 0.841. The summed E-state index contributed by atoms with van der Waals surface area (Å²) in [6.45, 7) is 61.5. The van der Waals surface area contributed by atoms with Crippen molar-refractivity contribution in [2.24, 2.45) is 0 Å². The molecule has 11 heteroatoms. The maximum atomic E-state index is 10.7. The van der Waals surface area contributed by atoms with Crippen LogP contribution in [0.3, 0.4) is 0 Å². The summed E-state index contributed by atoms with van der Waals surface area (Å²) in [5, 5.41) is 27.0. The number of carbonyl (C=O) groups is 1. The number of rotatable bonds is 31. The fourth-order valence-electron chi connectivity index (χ4n) is 11.7. The molecule has 0 heterocycles. The van der Waals surface area contributed by atoms with Gasteiger partial charge in [0.25, 0.3) is 0 Å². The molecule has 3 N–H and O–H groups in total. The van der Waals surface area contributed by atoms with Crippen molar-refractivity contribution in [2.45, 2.75) is 463 Å². The van der Waals surface area contributed by atoms with Crippen molar-refractivity contribution in [3.05, 3.63) is 280 Å². The lowest BCUT2D eigenvalue weighted by atomic mass is 9.85. The first-order valence-corrected chi connectivity index (χ1v) is 44.6. The van der Waals surface area contributed by atoms with Crippen LogP contribution < -0.4 is 18.9 Å². The van der Waals surface area contributed by atoms with Gasteiger partial charge in [0.1, 0.15) is 40.2 Å². The molecule has 0 saturated heterocycles. The lowest BCUT2D eigenvalue weighted by Gasteiger charge is -2.20. The molecular weight excluding hydrogens is 1690 g/mol. The van der Waals surface area contributed by atoms with Gasteiger partial charge < -0.3 is 48.5 Å². The molecule has 0 aromatic heterocycles. The molecule has 0 bridgehead atoms. The maximum absolute atomic E-state index is 10.7. The molecule has 0 spiro atoms. The molecule has 0 aliphatic heterocycles. The number of phenols is 3. The molecule has 12 unspecified atom stereocenters. The Hall–Kier alpha value is -8.87. The normalized spacial score (nSPS) is 11.8. The fraction of sp³-hybridized carbons (Fsp3) is 0.563. The molecule has 0 fully saturated rings. The van der Waals surface area contributed by atoms with E-state index in [9.17, 15) is 4.79 Å². The van der Waals surface area contributed by atoms with Crippen LogP contribution in [0.5, 0.6) is 40.2 Å². The van der Waals surface area contributed by atoms with E-state index in [2.05, 4.69) is 236 Å². The Kier molecular flexibility index (Phi) is 123. The second-order valence-electron chi connectivity index (χ2n) is 32.1. The zero-order chi connectivity index (χ0) is 89.4. The Morgan fingerprint density at radius 2 is 0.387 bits per heavy atom. The van der Waals surface area contributed by atoms with Gasteiger partial charge in [-0.05, 0) is 299 Å². The van der Waals surface area contributed by atoms with Crippen LogP contribution in [-0.4, -0.2) is 60.0 Å². The van der Waals surface area contributed by atoms with Crippen molar-refractivity contribution in [3.8, 4) is 40.2 Å². The van der Waals surface area contributed by atoms with Gasteiger partial charge in [-0.3, -0.25) is 4.79 Å². The quantitative estimate of drug-likeness (QED) is 0.0217. The number of esters is 1. The third-order valence-corrected chi connectivity index (χ3v) is 21.8. The van der Waals surface area contributed by atoms with Gasteiger partial charge in [0.15, 0.2) is 18.9 Å². The van der Waals surface area contributed by atoms with Gasteiger partial charge in [-0.2, -0.15) is 0 Å². The van der Waals surface area contributed by atoms with Crippen LogP contribution in [0.2, 0.25) is 0 Å². The minimum absolute atomic E-state index is 0. The number of hydrogen-bond acceptors (Lipinski definition) is 11. The van der Waals surface area contributed by atoms with Crippen molar-refractivity contribution < 1.29 is 53.3 Å². The van der Waals surface area contributed by atoms with E-state index in [4.69, 9.17) is 48.5 Å². The van der Waals surface area contributed by atoms with Crippen LogP contribution in [-0.2, 0) is 24.4 Å². The van der Waals surface area contributed by atoms with Crippen LogP contribution in [0.25, 0.3) is 0 Å². The SMILES string of the molecule is C.C.C.C.C.C.C.C.C.C.C.C.C.C.C.C.C.C.CCC(C)c1ccc(C(C)(C)C)cc1.CCC(C)c1ccc(O)cc1.CCC(C)c1ccc(O)cc1.CCC(C)c1ccc(O)cc1.CCC(C)c1ccc(OC(C)=O)cc1.CCC(C)c1ccccc1.CCOC(C)Oc1ccc(C(C)CC)cc1.CCOC(C)Oc1ccc(C(C)CC)cc1.CCOC(C)Oc1ccc(C(C)CC)cc1. The second-order valence-corrected chi connectivity index (χ2v) is 32.1. The first kappa shape index (κ1) is 171. The zero-order valence-electron chi connectivity index (χ0n) is 78.9. The molecule has 0 saturated carbocycles. The number of ether oxygens (including phenoxy) is 7. The zero-order valence-corrected chi connectivity index (χ0v) is 78.9. The molecule has 9 aromatic rings. The van der Waals surface area contributed by atoms with Crippen molar-refractivity contribution >= 4 is 5.97 Å². The highest BCUT2D eigenvalue weighted by Gasteiger charge is 2.15. The summed E-state index contributed by atoms with van der Waals surface area (Å²) in [7, 11) is 0. The highest BCUT2D eigenvalue weighted by atomic mass is 16.7. The van der Waals surface area contributed by atoms with Gasteiger partial charge >= 0.3 is 5.97 Å². The van der Waals surface area contributed by atoms with Gasteiger partial charge in [-0.15, -0.1) is 0 Å². The van der Waals surface area contributed by atoms with Crippen LogP contribution in [0, 0.1) is 0 Å². The first-order chi connectivity index (χ1) is 56.6. The summed E-state index contributed by atoms with van der Waals surface area (Å²) in [5.41, 5.74) is 13.9. The summed E-state index contributed by atoms with van der Waals surface area (Å²) >= 11 is 0. The number of hydrogen-bond donors (Lipinski definition) is 3. The summed E-state index contributed by atoms with van der Waals surface area (Å²) in [6.07, 6.45) is 9.94. The van der Waals surface area contributed by atoms with E-state index in [0.717, 1.165) is 62.2 Å². The third-order valence-electron chi connectivity index (χ3n) is 21.8. The number of phenolic OH excluding ortho intramolecular Hbond substituents is 3. The van der Waals surface area contributed by atoms with Gasteiger partial charge in [-0.1, -0.05) is 419 Å². The molecule has 11 nitrogen and oxygen atoms in total. The first-order valence-electron chi connectivity index (χ1n) is 44.6. The van der Waals surface area contributed by atoms with Crippen LogP contribution in [0.15, 0.2) is 224 Å². The smallest absolute Gasteiger partial charge is 0.308 e. The van der Waals surface area contributed by atoms with E-state index < -0.39 is 0 Å². The molecule has 0 aliphatic carbocycles. The Morgan fingerprint density at radius 1 is 0.234 bits per heavy atom. The number of aromatic hydroxyl groups is 3. The predicted molar refractivity (Wildman–Crippen MR) is 628 cm³/mol. The topological polar surface area (TPSA) is 142 Å². The molecule has 0 radical (unpaired) electrons. The van der Waals surface area contributed by atoms with E-state index in [1.165, 1.54) is 75.4 Å². The van der Waals surface area contributed by atoms with Gasteiger partial charge in [0.2, 0.25) is 0 Å². The Bertz CT molecular complexity index is 3640. The van der Waals surface area contributed by atoms with E-state index in [-0.39, 0.29) is 164 Å². The molecular formula is C126H232O11. The molecule has 9 rings (SSSR count). The van der Waals surface area contributed by atoms with Crippen LogP contribution in [0.4, 0.5) is 0 Å². The second kappa shape index (κ2) is 98.7. The standard InChI is InChI=1S/3C14H22O2.C14H22.C12H16O2.3C10H14O.C10H14.18CH4/c3*1-5-11(3)13-7-9-14(10-8-13)16-12(4)15-6-2;1-6-11(2)12-7-9-13(10-8-12)14(3,4)5;1-4-9(2)11-5-7-12(8-6-11)14-10(3)13;3*1-3-8(2)9-4-6-10(11)7-5-9;1-3-9(2)10-7-5-4-6-8-10;;;;;;;;;;;;;;;;;;/h3*7-12H,5-6H2,1-4H3;7-11H,6H2,1-5H3;5-9H,4H2,1-3H3;3*4-8,11H,3H2,1-2H3;4-9H,3H2,1-2H3;18*1H4. The molecule has 137 heavy (non-hydrogen) atoms. The average molecular weight is 1920 g/mol. The van der Waals surface area contributed by atoms with Crippen molar-refractivity contribution in [1.29, 1.82) is 0 Å². The monoisotopic (exact) mass is 1920 g/mol. The maximum Gasteiger partial charge on any atom is 0.308 e. The van der Waals surface area contributed by atoms with Crippen LogP contribution >= 0.6 is 0 Å². The number of benzene rings is 9. The molecule has 12 atom stereocenters.